The Bertz CT molecular complexity index is 857. The van der Waals surface area contributed by atoms with E-state index in [9.17, 15) is 9.90 Å². The predicted molar refractivity (Wildman–Crippen MR) is 94.6 cm³/mol. The second kappa shape index (κ2) is 6.45. The van der Waals surface area contributed by atoms with Gasteiger partial charge in [-0.3, -0.25) is 9.89 Å². The molecule has 0 fully saturated rings. The fourth-order valence-electron chi connectivity index (χ4n) is 2.99. The van der Waals surface area contributed by atoms with Crippen LogP contribution in [0.3, 0.4) is 0 Å². The first-order valence-electron chi connectivity index (χ1n) is 7.96. The van der Waals surface area contributed by atoms with Crippen LogP contribution in [-0.4, -0.2) is 24.4 Å². The van der Waals surface area contributed by atoms with Crippen LogP contribution in [0.2, 0.25) is 0 Å². The van der Waals surface area contributed by atoms with Crippen LogP contribution in [0.1, 0.15) is 24.1 Å². The highest BCUT2D eigenvalue weighted by Crippen LogP contribution is 2.26. The van der Waals surface area contributed by atoms with Gasteiger partial charge in [-0.05, 0) is 61.5 Å². The van der Waals surface area contributed by atoms with Gasteiger partial charge in [0.1, 0.15) is 0 Å². The summed E-state index contributed by atoms with van der Waals surface area (Å²) in [6, 6.07) is 13.5. The SMILES string of the molecule is CNC(C)c1cc(N(C(=O)O)C2C=c3ccccc3=N2)ccc1C. The molecule has 24 heavy (non-hydrogen) atoms. The lowest BCUT2D eigenvalue weighted by Crippen LogP contribution is -2.37. The number of fused-ring (bicyclic) bond motifs is 1. The molecule has 0 saturated carbocycles. The van der Waals surface area contributed by atoms with Gasteiger partial charge in [0.25, 0.3) is 0 Å². The van der Waals surface area contributed by atoms with Gasteiger partial charge in [-0.25, -0.2) is 4.79 Å². The van der Waals surface area contributed by atoms with Gasteiger partial charge in [-0.2, -0.15) is 0 Å². The Kier molecular flexibility index (Phi) is 4.36. The van der Waals surface area contributed by atoms with E-state index >= 15 is 0 Å². The van der Waals surface area contributed by atoms with Gasteiger partial charge < -0.3 is 10.4 Å². The normalized spacial score (nSPS) is 16.7. The molecule has 0 saturated heterocycles. The van der Waals surface area contributed by atoms with E-state index in [1.807, 2.05) is 62.5 Å². The highest BCUT2D eigenvalue weighted by Gasteiger charge is 2.25. The number of hydrogen-bond acceptors (Lipinski definition) is 3. The van der Waals surface area contributed by atoms with E-state index in [-0.39, 0.29) is 6.04 Å². The third-order valence-electron chi connectivity index (χ3n) is 4.45. The van der Waals surface area contributed by atoms with E-state index in [4.69, 9.17) is 0 Å². The number of amides is 1. The van der Waals surface area contributed by atoms with Crippen LogP contribution in [0.5, 0.6) is 0 Å². The molecule has 1 aliphatic heterocycles. The van der Waals surface area contributed by atoms with Gasteiger partial charge in [0.15, 0.2) is 6.17 Å². The first-order valence-corrected chi connectivity index (χ1v) is 7.96. The van der Waals surface area contributed by atoms with Gasteiger partial charge in [-0.15, -0.1) is 0 Å². The summed E-state index contributed by atoms with van der Waals surface area (Å²) in [7, 11) is 1.89. The smallest absolute Gasteiger partial charge is 0.413 e. The lowest BCUT2D eigenvalue weighted by Gasteiger charge is -2.25. The predicted octanol–water partition coefficient (Wildman–Crippen LogP) is 2.20. The molecule has 2 aromatic carbocycles. The van der Waals surface area contributed by atoms with Crippen molar-refractivity contribution in [3.8, 4) is 0 Å². The van der Waals surface area contributed by atoms with Crippen molar-refractivity contribution in [2.24, 2.45) is 4.99 Å². The summed E-state index contributed by atoms with van der Waals surface area (Å²) in [5.41, 5.74) is 2.83. The third-order valence-corrected chi connectivity index (χ3v) is 4.45. The maximum atomic E-state index is 11.9. The highest BCUT2D eigenvalue weighted by molar-refractivity contribution is 5.88. The number of para-hydroxylation sites is 1. The average Bonchev–Trinajstić information content (AvgIpc) is 2.98. The van der Waals surface area contributed by atoms with Crippen molar-refractivity contribution in [1.82, 2.24) is 5.32 Å². The number of rotatable bonds is 4. The molecule has 1 heterocycles. The monoisotopic (exact) mass is 323 g/mol. The maximum absolute atomic E-state index is 11.9. The van der Waals surface area contributed by atoms with E-state index in [1.165, 1.54) is 4.90 Å². The molecule has 2 N–H and O–H groups in total. The van der Waals surface area contributed by atoms with Crippen LogP contribution < -0.4 is 20.8 Å². The Hall–Kier alpha value is -2.66. The zero-order valence-electron chi connectivity index (χ0n) is 14.0. The summed E-state index contributed by atoms with van der Waals surface area (Å²) in [4.78, 5) is 17.8. The topological polar surface area (TPSA) is 64.9 Å². The van der Waals surface area contributed by atoms with Crippen molar-refractivity contribution in [2.45, 2.75) is 26.1 Å². The average molecular weight is 323 g/mol. The Morgan fingerprint density at radius 2 is 2.04 bits per heavy atom. The molecule has 124 valence electrons. The van der Waals surface area contributed by atoms with Crippen molar-refractivity contribution in [2.75, 3.05) is 11.9 Å². The van der Waals surface area contributed by atoms with Gasteiger partial charge >= 0.3 is 6.09 Å². The number of anilines is 1. The third kappa shape index (κ3) is 2.90. The van der Waals surface area contributed by atoms with Crippen LogP contribution in [0, 0.1) is 6.92 Å². The van der Waals surface area contributed by atoms with Crippen LogP contribution in [-0.2, 0) is 0 Å². The molecule has 2 atom stereocenters. The molecule has 0 radical (unpaired) electrons. The summed E-state index contributed by atoms with van der Waals surface area (Å²) in [6.45, 7) is 4.08. The second-order valence-electron chi connectivity index (χ2n) is 5.97. The molecule has 5 heteroatoms. The van der Waals surface area contributed by atoms with E-state index in [1.54, 1.807) is 0 Å². The van der Waals surface area contributed by atoms with E-state index < -0.39 is 12.3 Å². The summed E-state index contributed by atoms with van der Waals surface area (Å²) in [5, 5.41) is 14.7. The van der Waals surface area contributed by atoms with Crippen LogP contribution in [0.25, 0.3) is 6.08 Å². The van der Waals surface area contributed by atoms with Crippen LogP contribution >= 0.6 is 0 Å². The number of nitrogens with zero attached hydrogens (tertiary/aromatic N) is 2. The molecule has 0 spiro atoms. The summed E-state index contributed by atoms with van der Waals surface area (Å²) >= 11 is 0. The highest BCUT2D eigenvalue weighted by atomic mass is 16.4. The van der Waals surface area contributed by atoms with Crippen molar-refractivity contribution >= 4 is 17.9 Å². The summed E-state index contributed by atoms with van der Waals surface area (Å²) in [5.74, 6) is 0. The quantitative estimate of drug-likeness (QED) is 0.906. The van der Waals surface area contributed by atoms with Gasteiger partial charge in [-0.1, -0.05) is 24.3 Å². The molecule has 2 unspecified atom stereocenters. The first kappa shape index (κ1) is 16.2. The fourth-order valence-corrected chi connectivity index (χ4v) is 2.99. The van der Waals surface area contributed by atoms with Crippen LogP contribution in [0.4, 0.5) is 10.5 Å². The van der Waals surface area contributed by atoms with Gasteiger partial charge in [0, 0.05) is 11.7 Å². The molecule has 1 amide bonds. The minimum atomic E-state index is -1.01. The molecule has 0 bridgehead atoms. The van der Waals surface area contributed by atoms with Crippen molar-refractivity contribution in [3.63, 3.8) is 0 Å². The molecule has 3 rings (SSSR count). The minimum absolute atomic E-state index is 0.141. The first-order chi connectivity index (χ1) is 11.5. The van der Waals surface area contributed by atoms with E-state index in [0.717, 1.165) is 21.7 Å². The Morgan fingerprint density at radius 3 is 2.71 bits per heavy atom. The number of carboxylic acid groups (broad SMARTS) is 1. The molecule has 5 nitrogen and oxygen atoms in total. The van der Waals surface area contributed by atoms with Crippen molar-refractivity contribution in [3.05, 3.63) is 64.2 Å². The zero-order chi connectivity index (χ0) is 17.3. The number of hydrogen-bond donors (Lipinski definition) is 2. The number of aryl methyl sites for hydroxylation is 1. The summed E-state index contributed by atoms with van der Waals surface area (Å²) < 4.78 is 0. The minimum Gasteiger partial charge on any atom is -0.465 e. The summed E-state index contributed by atoms with van der Waals surface area (Å²) in [6.07, 6.45) is 0.324. The zero-order valence-corrected chi connectivity index (χ0v) is 14.0. The van der Waals surface area contributed by atoms with Gasteiger partial charge in [0.2, 0.25) is 0 Å². The van der Waals surface area contributed by atoms with Crippen molar-refractivity contribution < 1.29 is 9.90 Å². The van der Waals surface area contributed by atoms with Crippen LogP contribution in [0.15, 0.2) is 47.5 Å². The fraction of sp³-hybridized carbons (Fsp3) is 0.263. The van der Waals surface area contributed by atoms with Gasteiger partial charge in [0.05, 0.1) is 5.36 Å². The number of benzene rings is 2. The van der Waals surface area contributed by atoms with E-state index in [0.29, 0.717) is 5.69 Å². The Morgan fingerprint density at radius 1 is 1.29 bits per heavy atom. The van der Waals surface area contributed by atoms with E-state index in [2.05, 4.69) is 17.2 Å². The largest absolute Gasteiger partial charge is 0.465 e. The number of nitrogens with one attached hydrogen (secondary N) is 1. The molecule has 0 aliphatic carbocycles. The molecule has 2 aromatic rings. The second-order valence-corrected chi connectivity index (χ2v) is 5.97. The standard InChI is InChI=1S/C19H21N3O2/c1-12-8-9-15(11-16(12)13(2)20-3)22(19(23)24)18-10-14-6-4-5-7-17(14)21-18/h4-11,13,18,20H,1-3H3,(H,23,24). The molecular formula is C19H21N3O2. The Balaban J connectivity index is 2.05. The molecular weight excluding hydrogens is 302 g/mol. The van der Waals surface area contributed by atoms with Crippen molar-refractivity contribution in [1.29, 1.82) is 0 Å². The maximum Gasteiger partial charge on any atom is 0.413 e. The lowest BCUT2D eigenvalue weighted by molar-refractivity contribution is 0.201. The molecule has 1 aliphatic rings. The molecule has 0 aromatic heterocycles. The lowest BCUT2D eigenvalue weighted by atomic mass is 10.0. The Labute approximate surface area is 141 Å². The number of carbonyl (C=O) groups is 1.